The lowest BCUT2D eigenvalue weighted by molar-refractivity contribution is 0.756. The van der Waals surface area contributed by atoms with Gasteiger partial charge in [-0.1, -0.05) is 0 Å². The van der Waals surface area contributed by atoms with E-state index in [1.165, 1.54) is 0 Å². The second-order valence-corrected chi connectivity index (χ2v) is 3.48. The van der Waals surface area contributed by atoms with Gasteiger partial charge >= 0.3 is 0 Å². The summed E-state index contributed by atoms with van der Waals surface area (Å²) in [6, 6.07) is 3.93. The van der Waals surface area contributed by atoms with Crippen molar-refractivity contribution in [1.29, 1.82) is 0 Å². The van der Waals surface area contributed by atoms with E-state index in [0.717, 1.165) is 30.8 Å². The molecule has 0 fully saturated rings. The predicted molar refractivity (Wildman–Crippen MR) is 56.7 cm³/mol. The summed E-state index contributed by atoms with van der Waals surface area (Å²) in [4.78, 5) is 6.24. The molecule has 2 N–H and O–H groups in total. The molecule has 68 valence electrons. The van der Waals surface area contributed by atoms with E-state index >= 15 is 0 Å². The van der Waals surface area contributed by atoms with Crippen LogP contribution in [0.25, 0.3) is 0 Å². The summed E-state index contributed by atoms with van der Waals surface area (Å²) in [5.74, 6) is 0. The van der Waals surface area contributed by atoms with E-state index < -0.39 is 0 Å². The van der Waals surface area contributed by atoms with Gasteiger partial charge < -0.3 is 10.6 Å². The van der Waals surface area contributed by atoms with Crippen molar-refractivity contribution < 1.29 is 0 Å². The molecule has 0 spiro atoms. The monoisotopic (exact) mass is 193 g/mol. The number of aryl methyl sites for hydroxylation is 1. The number of hydrogen-bond donors (Lipinski definition) is 1. The molecule has 1 aromatic heterocycles. The van der Waals surface area contributed by atoms with Crippen molar-refractivity contribution in [1.82, 2.24) is 4.98 Å². The van der Waals surface area contributed by atoms with Crippen LogP contribution in [0.4, 0.5) is 5.69 Å². The summed E-state index contributed by atoms with van der Waals surface area (Å²) in [7, 11) is 0. The molecule has 2 heterocycles. The molecule has 0 saturated heterocycles. The third-order valence-electron chi connectivity index (χ3n) is 2.22. The van der Waals surface area contributed by atoms with Gasteiger partial charge in [0.05, 0.1) is 11.4 Å². The lowest BCUT2D eigenvalue weighted by Gasteiger charge is -2.28. The highest BCUT2D eigenvalue weighted by molar-refractivity contribution is 7.80. The van der Waals surface area contributed by atoms with Crippen LogP contribution >= 0.6 is 12.2 Å². The molecule has 13 heavy (non-hydrogen) atoms. The van der Waals surface area contributed by atoms with E-state index in [0.29, 0.717) is 5.11 Å². The number of nitrogens with two attached hydrogens (primary N) is 1. The van der Waals surface area contributed by atoms with Gasteiger partial charge in [0.25, 0.3) is 0 Å². The fraction of sp³-hybridized carbons (Fsp3) is 0.333. The molecule has 3 nitrogen and oxygen atoms in total. The zero-order chi connectivity index (χ0) is 9.26. The van der Waals surface area contributed by atoms with E-state index in [4.69, 9.17) is 18.0 Å². The van der Waals surface area contributed by atoms with Crippen LogP contribution in [0.5, 0.6) is 0 Å². The van der Waals surface area contributed by atoms with Crippen LogP contribution < -0.4 is 10.6 Å². The topological polar surface area (TPSA) is 42.1 Å². The quantitative estimate of drug-likeness (QED) is 0.626. The maximum absolute atomic E-state index is 5.61. The average Bonchev–Trinajstić information content (AvgIpc) is 2.17. The summed E-state index contributed by atoms with van der Waals surface area (Å²) in [6.07, 6.45) is 3.90. The maximum atomic E-state index is 5.61. The molecule has 2 rings (SSSR count). The Bertz CT molecular complexity index is 337. The Morgan fingerprint density at radius 3 is 3.23 bits per heavy atom. The Labute approximate surface area is 82.6 Å². The first-order valence-corrected chi connectivity index (χ1v) is 4.71. The summed E-state index contributed by atoms with van der Waals surface area (Å²) >= 11 is 4.97. The van der Waals surface area contributed by atoms with Crippen molar-refractivity contribution in [2.24, 2.45) is 5.73 Å². The van der Waals surface area contributed by atoms with Crippen molar-refractivity contribution in [3.05, 3.63) is 24.0 Å². The van der Waals surface area contributed by atoms with E-state index in [1.807, 2.05) is 23.2 Å². The summed E-state index contributed by atoms with van der Waals surface area (Å²) in [5, 5.41) is 0.439. The molecular formula is C9H11N3S. The first-order chi connectivity index (χ1) is 6.29. The van der Waals surface area contributed by atoms with E-state index in [1.54, 1.807) is 0 Å². The minimum absolute atomic E-state index is 0.439. The smallest absolute Gasteiger partial charge is 0.170 e. The zero-order valence-electron chi connectivity index (χ0n) is 7.23. The summed E-state index contributed by atoms with van der Waals surface area (Å²) < 4.78 is 0. The Hall–Kier alpha value is -1.16. The normalized spacial score (nSPS) is 15.2. The van der Waals surface area contributed by atoms with Crippen molar-refractivity contribution in [3.63, 3.8) is 0 Å². The third-order valence-corrected chi connectivity index (χ3v) is 2.44. The van der Waals surface area contributed by atoms with Crippen molar-refractivity contribution in [3.8, 4) is 0 Å². The van der Waals surface area contributed by atoms with Crippen LogP contribution in [-0.2, 0) is 6.42 Å². The molecule has 0 amide bonds. The minimum Gasteiger partial charge on any atom is -0.376 e. The fourth-order valence-corrected chi connectivity index (χ4v) is 1.81. The van der Waals surface area contributed by atoms with Gasteiger partial charge in [0.1, 0.15) is 0 Å². The molecule has 1 aliphatic heterocycles. The van der Waals surface area contributed by atoms with Crippen LogP contribution in [0.3, 0.4) is 0 Å². The molecule has 0 aliphatic carbocycles. The fourth-order valence-electron chi connectivity index (χ4n) is 1.62. The molecule has 1 aliphatic rings. The number of fused-ring (bicyclic) bond motifs is 1. The number of aromatic nitrogens is 1. The molecule has 0 unspecified atom stereocenters. The molecule has 0 atom stereocenters. The highest BCUT2D eigenvalue weighted by atomic mass is 32.1. The predicted octanol–water partition coefficient (Wildman–Crippen LogP) is 1.08. The van der Waals surface area contributed by atoms with Crippen molar-refractivity contribution in [2.75, 3.05) is 11.4 Å². The molecular weight excluding hydrogens is 182 g/mol. The number of nitrogens with zero attached hydrogens (tertiary/aromatic N) is 2. The number of anilines is 1. The van der Waals surface area contributed by atoms with Crippen LogP contribution in [0.15, 0.2) is 18.3 Å². The van der Waals surface area contributed by atoms with Gasteiger partial charge in [0.15, 0.2) is 5.11 Å². The van der Waals surface area contributed by atoms with Gasteiger partial charge in [0, 0.05) is 12.7 Å². The highest BCUT2D eigenvalue weighted by Crippen LogP contribution is 2.24. The van der Waals surface area contributed by atoms with Gasteiger partial charge in [-0.05, 0) is 37.2 Å². The SMILES string of the molecule is NC(=S)N1CCCc2ncccc21. The zero-order valence-corrected chi connectivity index (χ0v) is 8.05. The van der Waals surface area contributed by atoms with E-state index in [-0.39, 0.29) is 0 Å². The highest BCUT2D eigenvalue weighted by Gasteiger charge is 2.18. The Morgan fingerprint density at radius 1 is 1.62 bits per heavy atom. The van der Waals surface area contributed by atoms with Crippen molar-refractivity contribution in [2.45, 2.75) is 12.8 Å². The number of rotatable bonds is 0. The Balaban J connectivity index is 2.42. The molecule has 0 saturated carbocycles. The molecule has 4 heteroatoms. The summed E-state index contributed by atoms with van der Waals surface area (Å²) in [5.41, 5.74) is 7.78. The first-order valence-electron chi connectivity index (χ1n) is 4.30. The number of thiocarbonyl (C=S) groups is 1. The van der Waals surface area contributed by atoms with Gasteiger partial charge in [-0.2, -0.15) is 0 Å². The van der Waals surface area contributed by atoms with Gasteiger partial charge in [-0.3, -0.25) is 4.98 Å². The molecule has 0 radical (unpaired) electrons. The molecule has 1 aromatic rings. The average molecular weight is 193 g/mol. The number of pyridine rings is 1. The number of hydrogen-bond acceptors (Lipinski definition) is 2. The largest absolute Gasteiger partial charge is 0.376 e. The minimum atomic E-state index is 0.439. The van der Waals surface area contributed by atoms with Gasteiger partial charge in [-0.25, -0.2) is 0 Å². The summed E-state index contributed by atoms with van der Waals surface area (Å²) in [6.45, 7) is 0.911. The Morgan fingerprint density at radius 2 is 2.46 bits per heavy atom. The molecule has 0 aromatic carbocycles. The molecule has 0 bridgehead atoms. The van der Waals surface area contributed by atoms with Crippen molar-refractivity contribution >= 4 is 23.0 Å². The van der Waals surface area contributed by atoms with Gasteiger partial charge in [0.2, 0.25) is 0 Å². The van der Waals surface area contributed by atoms with Crippen LogP contribution in [0.1, 0.15) is 12.1 Å². The van der Waals surface area contributed by atoms with Crippen LogP contribution in [0, 0.1) is 0 Å². The second kappa shape index (κ2) is 3.30. The van der Waals surface area contributed by atoms with Gasteiger partial charge in [-0.15, -0.1) is 0 Å². The second-order valence-electron chi connectivity index (χ2n) is 3.06. The maximum Gasteiger partial charge on any atom is 0.170 e. The van der Waals surface area contributed by atoms with E-state index in [9.17, 15) is 0 Å². The lowest BCUT2D eigenvalue weighted by atomic mass is 10.1. The van der Waals surface area contributed by atoms with E-state index in [2.05, 4.69) is 4.98 Å². The van der Waals surface area contributed by atoms with Crippen LogP contribution in [-0.4, -0.2) is 16.6 Å². The standard InChI is InChI=1S/C9H11N3S/c10-9(13)12-6-2-3-7-8(12)4-1-5-11-7/h1,4-5H,2-3,6H2,(H2,10,13). The Kier molecular flexibility index (Phi) is 2.14. The van der Waals surface area contributed by atoms with Crippen LogP contribution in [0.2, 0.25) is 0 Å². The first kappa shape index (κ1) is 8.44. The lowest BCUT2D eigenvalue weighted by Crippen LogP contribution is -2.39. The third kappa shape index (κ3) is 1.49.